The Labute approximate surface area is 218 Å². The van der Waals surface area contributed by atoms with Gasteiger partial charge in [0.2, 0.25) is 11.8 Å². The number of carbonyl (C=O) groups excluding carboxylic acids is 2. The van der Waals surface area contributed by atoms with Crippen LogP contribution in [0.3, 0.4) is 0 Å². The largest absolute Gasteiger partial charge is 0.397 e. The minimum absolute atomic E-state index is 0.157. The molecule has 0 heterocycles. The average molecular weight is 493 g/mol. The van der Waals surface area contributed by atoms with Crippen molar-refractivity contribution in [3.05, 3.63) is 139 Å². The number of para-hydroxylation sites is 2. The first-order chi connectivity index (χ1) is 18.0. The van der Waals surface area contributed by atoms with Crippen LogP contribution in [0.15, 0.2) is 122 Å². The lowest BCUT2D eigenvalue weighted by Gasteiger charge is -2.19. The van der Waals surface area contributed by atoms with Crippen molar-refractivity contribution in [1.29, 1.82) is 0 Å². The summed E-state index contributed by atoms with van der Waals surface area (Å²) in [6, 6.07) is 23.9. The Balaban J connectivity index is 1.70. The minimum Gasteiger partial charge on any atom is -0.397 e. The third-order valence-corrected chi connectivity index (χ3v) is 5.59. The molecule has 1 unspecified atom stereocenters. The van der Waals surface area contributed by atoms with Gasteiger partial charge in [-0.25, -0.2) is 0 Å². The summed E-state index contributed by atoms with van der Waals surface area (Å²) >= 11 is 0. The number of nitrogens with two attached hydrogens (primary N) is 1. The molecule has 0 aliphatic rings. The number of anilines is 2. The van der Waals surface area contributed by atoms with E-state index in [0.717, 1.165) is 22.3 Å². The number of allylic oxidation sites excluding steroid dienone is 2. The Bertz CT molecular complexity index is 1280. The molecule has 6 heteroatoms. The van der Waals surface area contributed by atoms with Crippen molar-refractivity contribution in [2.45, 2.75) is 12.6 Å². The first-order valence-corrected chi connectivity index (χ1v) is 11.9. The number of rotatable bonds is 12. The van der Waals surface area contributed by atoms with Gasteiger partial charge >= 0.3 is 0 Å². The molecule has 0 bridgehead atoms. The van der Waals surface area contributed by atoms with Crippen LogP contribution in [-0.2, 0) is 16.1 Å². The second-order valence-corrected chi connectivity index (χ2v) is 8.28. The van der Waals surface area contributed by atoms with Gasteiger partial charge in [0.25, 0.3) is 0 Å². The van der Waals surface area contributed by atoms with Crippen molar-refractivity contribution in [2.75, 3.05) is 17.6 Å². The van der Waals surface area contributed by atoms with E-state index in [4.69, 9.17) is 5.73 Å². The van der Waals surface area contributed by atoms with Gasteiger partial charge < -0.3 is 16.4 Å². The van der Waals surface area contributed by atoms with E-state index in [9.17, 15) is 9.59 Å². The number of nitrogen functional groups attached to an aromatic ring is 1. The summed E-state index contributed by atoms with van der Waals surface area (Å²) in [5.41, 5.74) is 10.5. The van der Waals surface area contributed by atoms with Gasteiger partial charge in [0, 0.05) is 19.2 Å². The fourth-order valence-corrected chi connectivity index (χ4v) is 3.58. The average Bonchev–Trinajstić information content (AvgIpc) is 2.92. The zero-order chi connectivity index (χ0) is 26.5. The van der Waals surface area contributed by atoms with Crippen LogP contribution in [0, 0.1) is 0 Å². The highest BCUT2D eigenvalue weighted by molar-refractivity contribution is 6.03. The van der Waals surface area contributed by atoms with Crippen LogP contribution in [0.4, 0.5) is 11.4 Å². The molecule has 188 valence electrons. The summed E-state index contributed by atoms with van der Waals surface area (Å²) in [5, 5.41) is 9.09. The summed E-state index contributed by atoms with van der Waals surface area (Å²) in [5.74, 6) is -0.440. The highest BCUT2D eigenvalue weighted by atomic mass is 16.2. The van der Waals surface area contributed by atoms with Crippen LogP contribution in [0.5, 0.6) is 0 Å². The van der Waals surface area contributed by atoms with Gasteiger partial charge in [-0.1, -0.05) is 98.1 Å². The van der Waals surface area contributed by atoms with Gasteiger partial charge in [0.1, 0.15) is 6.04 Å². The lowest BCUT2D eigenvalue weighted by molar-refractivity contribution is -0.123. The van der Waals surface area contributed by atoms with Gasteiger partial charge in [-0.05, 0) is 40.5 Å². The van der Waals surface area contributed by atoms with Crippen molar-refractivity contribution in [3.8, 4) is 0 Å². The fourth-order valence-electron chi connectivity index (χ4n) is 3.58. The molecule has 3 aromatic carbocycles. The molecule has 3 aromatic rings. The quantitative estimate of drug-likeness (QED) is 0.159. The predicted molar refractivity (Wildman–Crippen MR) is 152 cm³/mol. The summed E-state index contributed by atoms with van der Waals surface area (Å²) in [7, 11) is 0. The van der Waals surface area contributed by atoms with Crippen LogP contribution in [0.25, 0.3) is 6.08 Å². The smallest absolute Gasteiger partial charge is 0.248 e. The topological polar surface area (TPSA) is 96.2 Å². The molecule has 0 saturated carbocycles. The zero-order valence-electron chi connectivity index (χ0n) is 20.7. The number of hydrogen-bond donors (Lipinski definition) is 4. The normalized spacial score (nSPS) is 12.1. The molecular weight excluding hydrogens is 460 g/mol. The summed E-state index contributed by atoms with van der Waals surface area (Å²) < 4.78 is 0. The molecule has 0 radical (unpaired) electrons. The van der Waals surface area contributed by atoms with Crippen LogP contribution < -0.4 is 21.7 Å². The lowest BCUT2D eigenvalue weighted by atomic mass is 10.0. The molecule has 0 saturated heterocycles. The maximum atomic E-state index is 13.2. The van der Waals surface area contributed by atoms with E-state index in [-0.39, 0.29) is 11.8 Å². The van der Waals surface area contributed by atoms with E-state index in [1.807, 2.05) is 60.7 Å². The van der Waals surface area contributed by atoms with Crippen LogP contribution in [-0.4, -0.2) is 18.4 Å². The monoisotopic (exact) mass is 492 g/mol. The molecule has 0 spiro atoms. The van der Waals surface area contributed by atoms with E-state index >= 15 is 0 Å². The summed E-state index contributed by atoms with van der Waals surface area (Å²) in [6.07, 6.45) is 8.32. The van der Waals surface area contributed by atoms with Crippen molar-refractivity contribution in [3.63, 3.8) is 0 Å². The Morgan fingerprint density at radius 2 is 1.62 bits per heavy atom. The number of benzene rings is 3. The van der Waals surface area contributed by atoms with Crippen molar-refractivity contribution in [2.24, 2.45) is 0 Å². The Kier molecular flexibility index (Phi) is 10.2. The first kappa shape index (κ1) is 26.9. The third-order valence-electron chi connectivity index (χ3n) is 5.59. The maximum Gasteiger partial charge on any atom is 0.248 e. The van der Waals surface area contributed by atoms with E-state index in [2.05, 4.69) is 29.1 Å². The predicted octanol–water partition coefficient (Wildman–Crippen LogP) is 5.17. The van der Waals surface area contributed by atoms with E-state index < -0.39 is 6.04 Å². The molecule has 0 aromatic heterocycles. The Morgan fingerprint density at radius 3 is 2.30 bits per heavy atom. The van der Waals surface area contributed by atoms with Crippen LogP contribution in [0.1, 0.15) is 22.7 Å². The second kappa shape index (κ2) is 14.0. The van der Waals surface area contributed by atoms with Gasteiger partial charge in [0.05, 0.1) is 11.4 Å². The molecule has 0 aliphatic heterocycles. The highest BCUT2D eigenvalue weighted by Gasteiger charge is 2.20. The van der Waals surface area contributed by atoms with Gasteiger partial charge in [-0.15, -0.1) is 0 Å². The summed E-state index contributed by atoms with van der Waals surface area (Å²) in [6.45, 7) is 8.35. The number of hydrogen-bond acceptors (Lipinski definition) is 4. The highest BCUT2D eigenvalue weighted by Crippen LogP contribution is 2.18. The Hall–Kier alpha value is -4.68. The van der Waals surface area contributed by atoms with Gasteiger partial charge in [-0.2, -0.15) is 0 Å². The maximum absolute atomic E-state index is 13.2. The Morgan fingerprint density at radius 1 is 0.919 bits per heavy atom. The number of nitrogens with one attached hydrogen (secondary N) is 3. The van der Waals surface area contributed by atoms with Gasteiger partial charge in [0.15, 0.2) is 0 Å². The fraction of sp³-hybridized carbons (Fsp3) is 0.0968. The molecule has 1 atom stereocenters. The number of amides is 2. The lowest BCUT2D eigenvalue weighted by Crippen LogP contribution is -2.38. The molecule has 0 aliphatic carbocycles. The van der Waals surface area contributed by atoms with Crippen molar-refractivity contribution < 1.29 is 9.59 Å². The van der Waals surface area contributed by atoms with E-state index in [0.29, 0.717) is 24.5 Å². The van der Waals surface area contributed by atoms with Crippen molar-refractivity contribution >= 4 is 29.3 Å². The molecule has 0 fully saturated rings. The van der Waals surface area contributed by atoms with E-state index in [1.54, 1.807) is 42.5 Å². The molecular formula is C31H32N4O2. The second-order valence-electron chi connectivity index (χ2n) is 8.28. The zero-order valence-corrected chi connectivity index (χ0v) is 20.7. The van der Waals surface area contributed by atoms with Crippen molar-refractivity contribution in [1.82, 2.24) is 10.6 Å². The van der Waals surface area contributed by atoms with E-state index in [1.165, 1.54) is 6.08 Å². The van der Waals surface area contributed by atoms with Crippen LogP contribution >= 0.6 is 0 Å². The SMILES string of the molecule is C=C/C=C(\C=C)CNC(=O)C(NCc1ccccc1)c1ccc(/C=C/C(=O)Nc2ccccc2N)cc1. The standard InChI is InChI=1S/C31H32N4O2/c1-3-10-23(4-2)21-34-31(37)30(33-22-25-11-6-5-7-12-25)26-18-15-24(16-19-26)17-20-29(36)35-28-14-9-8-13-27(28)32/h3-20,30,33H,1-2,21-22,32H2,(H,34,37)(H,35,36)/b20-17+,23-10+. The minimum atomic E-state index is -0.572. The molecule has 37 heavy (non-hydrogen) atoms. The first-order valence-electron chi connectivity index (χ1n) is 11.9. The molecule has 5 N–H and O–H groups in total. The molecule has 6 nitrogen and oxygen atoms in total. The number of carbonyl (C=O) groups is 2. The van der Waals surface area contributed by atoms with Gasteiger partial charge in [-0.3, -0.25) is 14.9 Å². The van der Waals surface area contributed by atoms with Crippen LogP contribution in [0.2, 0.25) is 0 Å². The molecule has 3 rings (SSSR count). The summed E-state index contributed by atoms with van der Waals surface area (Å²) in [4.78, 5) is 25.4. The third kappa shape index (κ3) is 8.49. The molecule has 2 amide bonds.